The quantitative estimate of drug-likeness (QED) is 0.819. The van der Waals surface area contributed by atoms with Gasteiger partial charge in [-0.1, -0.05) is 6.07 Å². The summed E-state index contributed by atoms with van der Waals surface area (Å²) in [7, 11) is 0. The molecule has 98 valence electrons. The number of rotatable bonds is 2. The molecule has 0 spiro atoms. The fourth-order valence-electron chi connectivity index (χ4n) is 3.04. The number of amides is 1. The summed E-state index contributed by atoms with van der Waals surface area (Å²) >= 11 is 3.40. The second kappa shape index (κ2) is 4.46. The number of carbonyl (C=O) groups excluding carboxylic acids is 1. The van der Waals surface area contributed by atoms with E-state index < -0.39 is 0 Å². The van der Waals surface area contributed by atoms with E-state index in [2.05, 4.69) is 16.3 Å². The molecule has 0 bridgehead atoms. The van der Waals surface area contributed by atoms with Crippen LogP contribution in [0, 0.1) is 5.92 Å². The van der Waals surface area contributed by atoms with Gasteiger partial charge in [-0.15, -0.1) is 22.7 Å². The Morgan fingerprint density at radius 3 is 2.84 bits per heavy atom. The van der Waals surface area contributed by atoms with Crippen molar-refractivity contribution in [1.82, 2.24) is 4.90 Å². The van der Waals surface area contributed by atoms with Crippen molar-refractivity contribution in [3.63, 3.8) is 0 Å². The minimum absolute atomic E-state index is 0.226. The molecular formula is C15H15NOS2. The molecule has 19 heavy (non-hydrogen) atoms. The highest BCUT2D eigenvalue weighted by atomic mass is 32.1. The molecule has 2 nitrogen and oxygen atoms in total. The van der Waals surface area contributed by atoms with Crippen LogP contribution in [0.3, 0.4) is 0 Å². The van der Waals surface area contributed by atoms with Crippen molar-refractivity contribution < 1.29 is 4.79 Å². The molecule has 1 unspecified atom stereocenters. The van der Waals surface area contributed by atoms with Gasteiger partial charge in [-0.3, -0.25) is 4.79 Å². The molecule has 1 atom stereocenters. The van der Waals surface area contributed by atoms with E-state index in [1.807, 2.05) is 28.8 Å². The Kier molecular flexibility index (Phi) is 2.74. The smallest absolute Gasteiger partial charge is 0.264 e. The summed E-state index contributed by atoms with van der Waals surface area (Å²) in [4.78, 5) is 17.2. The van der Waals surface area contributed by atoms with Crippen molar-refractivity contribution >= 4 is 28.6 Å². The molecular weight excluding hydrogens is 274 g/mol. The van der Waals surface area contributed by atoms with Gasteiger partial charge in [0.25, 0.3) is 5.91 Å². The molecule has 3 heterocycles. The molecule has 0 aromatic carbocycles. The van der Waals surface area contributed by atoms with Crippen molar-refractivity contribution in [2.24, 2.45) is 5.92 Å². The molecule has 2 aromatic rings. The van der Waals surface area contributed by atoms with E-state index in [-0.39, 0.29) is 5.91 Å². The Bertz CT molecular complexity index is 597. The molecule has 1 aliphatic carbocycles. The van der Waals surface area contributed by atoms with Crippen LogP contribution in [0.1, 0.15) is 39.0 Å². The average molecular weight is 289 g/mol. The first-order chi connectivity index (χ1) is 9.34. The van der Waals surface area contributed by atoms with Gasteiger partial charge in [-0.25, -0.2) is 0 Å². The zero-order chi connectivity index (χ0) is 12.8. The molecule has 2 aromatic heterocycles. The molecule has 2 aliphatic rings. The van der Waals surface area contributed by atoms with Gasteiger partial charge < -0.3 is 4.90 Å². The minimum Gasteiger partial charge on any atom is -0.330 e. The summed E-state index contributed by atoms with van der Waals surface area (Å²) in [5, 5.41) is 4.17. The highest BCUT2D eigenvalue weighted by Gasteiger charge is 2.42. The third kappa shape index (κ3) is 1.94. The van der Waals surface area contributed by atoms with E-state index >= 15 is 0 Å². The Morgan fingerprint density at radius 2 is 2.11 bits per heavy atom. The lowest BCUT2D eigenvalue weighted by atomic mass is 9.95. The maximum atomic E-state index is 12.7. The molecule has 0 saturated heterocycles. The Balaban J connectivity index is 1.70. The zero-order valence-corrected chi connectivity index (χ0v) is 12.2. The summed E-state index contributed by atoms with van der Waals surface area (Å²) in [6.07, 6.45) is 3.57. The van der Waals surface area contributed by atoms with Gasteiger partial charge in [-0.2, -0.15) is 0 Å². The number of carbonyl (C=O) groups is 1. The molecule has 4 rings (SSSR count). The number of nitrogens with zero attached hydrogens (tertiary/aromatic N) is 1. The van der Waals surface area contributed by atoms with Gasteiger partial charge >= 0.3 is 0 Å². The van der Waals surface area contributed by atoms with Crippen LogP contribution >= 0.6 is 22.7 Å². The second-order valence-electron chi connectivity index (χ2n) is 5.31. The lowest BCUT2D eigenvalue weighted by Crippen LogP contribution is -2.40. The number of fused-ring (bicyclic) bond motifs is 1. The molecule has 0 radical (unpaired) electrons. The molecule has 1 amide bonds. The van der Waals surface area contributed by atoms with Crippen LogP contribution in [0.15, 0.2) is 29.0 Å². The predicted molar refractivity (Wildman–Crippen MR) is 78.8 cm³/mol. The van der Waals surface area contributed by atoms with Gasteiger partial charge in [0.1, 0.15) is 0 Å². The van der Waals surface area contributed by atoms with Crippen LogP contribution in [-0.4, -0.2) is 17.4 Å². The monoisotopic (exact) mass is 289 g/mol. The number of hydrogen-bond acceptors (Lipinski definition) is 3. The van der Waals surface area contributed by atoms with Gasteiger partial charge in [0.15, 0.2) is 0 Å². The largest absolute Gasteiger partial charge is 0.330 e. The average Bonchev–Trinajstić information content (AvgIpc) is 2.95. The van der Waals surface area contributed by atoms with Gasteiger partial charge in [0.05, 0.1) is 10.9 Å². The molecule has 1 fully saturated rings. The van der Waals surface area contributed by atoms with Crippen LogP contribution in [0.5, 0.6) is 0 Å². The van der Waals surface area contributed by atoms with E-state index in [9.17, 15) is 4.79 Å². The zero-order valence-electron chi connectivity index (χ0n) is 10.5. The van der Waals surface area contributed by atoms with E-state index in [0.29, 0.717) is 12.0 Å². The predicted octanol–water partition coefficient (Wildman–Crippen LogP) is 3.96. The van der Waals surface area contributed by atoms with Crippen molar-refractivity contribution in [3.8, 4) is 0 Å². The first-order valence-electron chi connectivity index (χ1n) is 6.75. The van der Waals surface area contributed by atoms with Crippen molar-refractivity contribution in [2.45, 2.75) is 25.3 Å². The fourth-order valence-corrected chi connectivity index (χ4v) is 4.63. The van der Waals surface area contributed by atoms with Crippen LogP contribution < -0.4 is 0 Å². The van der Waals surface area contributed by atoms with Gasteiger partial charge in [0.2, 0.25) is 0 Å². The van der Waals surface area contributed by atoms with E-state index in [1.165, 1.54) is 23.3 Å². The maximum absolute atomic E-state index is 12.7. The summed E-state index contributed by atoms with van der Waals surface area (Å²) in [6, 6.07) is 6.48. The molecule has 0 N–H and O–H groups in total. The summed E-state index contributed by atoms with van der Waals surface area (Å²) < 4.78 is 0. The standard InChI is InChI=1S/C15H15NOS2/c17-15(13-2-1-8-18-13)16-7-5-12-11(6-9-19-12)14(16)10-3-4-10/h1-2,6,8-10,14H,3-5,7H2. The van der Waals surface area contributed by atoms with Crippen molar-refractivity contribution in [2.75, 3.05) is 6.54 Å². The number of thiophene rings is 2. The van der Waals surface area contributed by atoms with Crippen molar-refractivity contribution in [1.29, 1.82) is 0 Å². The van der Waals surface area contributed by atoms with Crippen LogP contribution in [0.4, 0.5) is 0 Å². The lowest BCUT2D eigenvalue weighted by molar-refractivity contribution is 0.0642. The Hall–Kier alpha value is -1.13. The van der Waals surface area contributed by atoms with Crippen LogP contribution in [-0.2, 0) is 6.42 Å². The number of hydrogen-bond donors (Lipinski definition) is 0. The fraction of sp³-hybridized carbons (Fsp3) is 0.400. The molecule has 1 saturated carbocycles. The highest BCUT2D eigenvalue weighted by Crippen LogP contribution is 2.48. The highest BCUT2D eigenvalue weighted by molar-refractivity contribution is 7.12. The first kappa shape index (κ1) is 11.7. The normalized spacial score (nSPS) is 22.3. The van der Waals surface area contributed by atoms with Crippen molar-refractivity contribution in [3.05, 3.63) is 44.3 Å². The lowest BCUT2D eigenvalue weighted by Gasteiger charge is -2.36. The molecule has 1 aliphatic heterocycles. The van der Waals surface area contributed by atoms with Crippen LogP contribution in [0.25, 0.3) is 0 Å². The molecule has 4 heteroatoms. The Labute approximate surface area is 120 Å². The second-order valence-corrected chi connectivity index (χ2v) is 7.26. The van der Waals surface area contributed by atoms with E-state index in [0.717, 1.165) is 17.8 Å². The SMILES string of the molecule is O=C(c1cccs1)N1CCc2sccc2C1C1CC1. The third-order valence-electron chi connectivity index (χ3n) is 4.08. The van der Waals surface area contributed by atoms with Crippen LogP contribution in [0.2, 0.25) is 0 Å². The summed E-state index contributed by atoms with van der Waals surface area (Å²) in [6.45, 7) is 0.880. The van der Waals surface area contributed by atoms with Gasteiger partial charge in [-0.05, 0) is 53.6 Å². The third-order valence-corrected chi connectivity index (χ3v) is 5.93. The summed E-state index contributed by atoms with van der Waals surface area (Å²) in [5.41, 5.74) is 1.42. The van der Waals surface area contributed by atoms with E-state index in [4.69, 9.17) is 0 Å². The topological polar surface area (TPSA) is 20.3 Å². The first-order valence-corrected chi connectivity index (χ1v) is 8.51. The minimum atomic E-state index is 0.226. The maximum Gasteiger partial charge on any atom is 0.264 e. The van der Waals surface area contributed by atoms with E-state index in [1.54, 1.807) is 11.3 Å². The Morgan fingerprint density at radius 1 is 1.21 bits per heavy atom. The summed E-state index contributed by atoms with van der Waals surface area (Å²) in [5.74, 6) is 0.918. The van der Waals surface area contributed by atoms with Gasteiger partial charge in [0, 0.05) is 11.4 Å².